The van der Waals surface area contributed by atoms with Gasteiger partial charge < -0.3 is 14.2 Å². The molecule has 3 unspecified atom stereocenters. The van der Waals surface area contributed by atoms with Crippen LogP contribution in [0.1, 0.15) is 85.0 Å². The van der Waals surface area contributed by atoms with Gasteiger partial charge >= 0.3 is 11.9 Å². The van der Waals surface area contributed by atoms with Crippen molar-refractivity contribution in [1.29, 1.82) is 0 Å². The van der Waals surface area contributed by atoms with Crippen LogP contribution >= 0.6 is 0 Å². The number of hydrogen-bond donors (Lipinski definition) is 0. The summed E-state index contributed by atoms with van der Waals surface area (Å²) in [6, 6.07) is 0. The Labute approximate surface area is 168 Å². The maximum absolute atomic E-state index is 12.7. The summed E-state index contributed by atoms with van der Waals surface area (Å²) < 4.78 is 18.2. The third kappa shape index (κ3) is 3.74. The summed E-state index contributed by atoms with van der Waals surface area (Å²) in [5.41, 5.74) is -0.739. The Morgan fingerprint density at radius 2 is 1.57 bits per heavy atom. The summed E-state index contributed by atoms with van der Waals surface area (Å²) in [4.78, 5) is 25.0. The molecular weight excluding hydrogens is 356 g/mol. The van der Waals surface area contributed by atoms with Crippen LogP contribution in [0.3, 0.4) is 0 Å². The van der Waals surface area contributed by atoms with Crippen LogP contribution < -0.4 is 0 Å². The van der Waals surface area contributed by atoms with Crippen LogP contribution in [-0.2, 0) is 23.8 Å². The van der Waals surface area contributed by atoms with E-state index in [1.54, 1.807) is 6.92 Å². The Kier molecular flexibility index (Phi) is 4.88. The van der Waals surface area contributed by atoms with Gasteiger partial charge in [0.15, 0.2) is 6.10 Å². The summed E-state index contributed by atoms with van der Waals surface area (Å²) in [5.74, 6) is 0.427. The molecule has 5 aliphatic rings. The summed E-state index contributed by atoms with van der Waals surface area (Å²) in [7, 11) is 0. The molecule has 5 rings (SSSR count). The average Bonchev–Trinajstić information content (AvgIpc) is 2.98. The minimum atomic E-state index is -0.595. The van der Waals surface area contributed by atoms with Crippen LogP contribution in [0, 0.1) is 11.8 Å². The molecule has 0 amide bonds. The van der Waals surface area contributed by atoms with Crippen LogP contribution in [0.2, 0.25) is 0 Å². The molecule has 5 heteroatoms. The molecule has 5 aliphatic carbocycles. The number of carbonyl (C=O) groups is 2. The fraction of sp³-hybridized carbons (Fsp3) is 0.826. The first-order chi connectivity index (χ1) is 13.1. The molecule has 0 heterocycles. The molecule has 0 aliphatic heterocycles. The highest BCUT2D eigenvalue weighted by Gasteiger charge is 2.61. The van der Waals surface area contributed by atoms with E-state index in [4.69, 9.17) is 14.2 Å². The second-order valence-electron chi connectivity index (χ2n) is 10.3. The standard InChI is InChI=1S/C23H34O5/c1-15(2)19(24)28-23-12-17-9-18(13-23)11-22(10-17,14-23)26-16(3)20(25)27-21(4)7-5-6-8-21/h16-18H,1,5-14H2,2-4H3. The summed E-state index contributed by atoms with van der Waals surface area (Å²) in [5, 5.41) is 0. The SMILES string of the molecule is C=C(C)C(=O)OC12CC3CC(C1)CC(OC(C)C(=O)OC1(C)CCCC1)(C3)C2. The van der Waals surface area contributed by atoms with Gasteiger partial charge in [0.1, 0.15) is 11.2 Å². The molecule has 156 valence electrons. The Morgan fingerprint density at radius 3 is 2.14 bits per heavy atom. The van der Waals surface area contributed by atoms with E-state index in [1.165, 1.54) is 6.42 Å². The zero-order chi connectivity index (χ0) is 20.2. The monoisotopic (exact) mass is 390 g/mol. The highest BCUT2D eigenvalue weighted by Crippen LogP contribution is 2.60. The maximum Gasteiger partial charge on any atom is 0.335 e. The van der Waals surface area contributed by atoms with Crippen molar-refractivity contribution in [3.8, 4) is 0 Å². The van der Waals surface area contributed by atoms with Gasteiger partial charge in [0.25, 0.3) is 0 Å². The van der Waals surface area contributed by atoms with Crippen molar-refractivity contribution in [2.24, 2.45) is 11.8 Å². The fourth-order valence-electron chi connectivity index (χ4n) is 6.61. The third-order valence-electron chi connectivity index (χ3n) is 7.38. The molecule has 0 radical (unpaired) electrons. The minimum Gasteiger partial charge on any atom is -0.457 e. The second kappa shape index (κ2) is 6.86. The first kappa shape index (κ1) is 19.9. The zero-order valence-corrected chi connectivity index (χ0v) is 17.6. The lowest BCUT2D eigenvalue weighted by Gasteiger charge is -2.61. The van der Waals surface area contributed by atoms with Gasteiger partial charge in [-0.25, -0.2) is 9.59 Å². The molecule has 5 nitrogen and oxygen atoms in total. The van der Waals surface area contributed by atoms with Crippen molar-refractivity contribution < 1.29 is 23.8 Å². The first-order valence-electron chi connectivity index (χ1n) is 10.9. The van der Waals surface area contributed by atoms with Crippen LogP contribution in [0.15, 0.2) is 12.2 Å². The number of rotatable bonds is 6. The van der Waals surface area contributed by atoms with E-state index < -0.39 is 11.7 Å². The van der Waals surface area contributed by atoms with E-state index in [-0.39, 0.29) is 23.1 Å². The van der Waals surface area contributed by atoms with Crippen LogP contribution in [0.4, 0.5) is 0 Å². The van der Waals surface area contributed by atoms with Crippen molar-refractivity contribution >= 4 is 11.9 Å². The Bertz CT molecular complexity index is 660. The van der Waals surface area contributed by atoms with Crippen molar-refractivity contribution in [2.75, 3.05) is 0 Å². The molecule has 3 atom stereocenters. The molecule has 0 saturated heterocycles. The zero-order valence-electron chi connectivity index (χ0n) is 17.6. The average molecular weight is 391 g/mol. The smallest absolute Gasteiger partial charge is 0.335 e. The van der Waals surface area contributed by atoms with E-state index in [0.29, 0.717) is 23.8 Å². The molecular formula is C23H34O5. The van der Waals surface area contributed by atoms with Gasteiger partial charge in [0.2, 0.25) is 0 Å². The Balaban J connectivity index is 1.45. The van der Waals surface area contributed by atoms with Gasteiger partial charge in [0.05, 0.1) is 5.60 Å². The molecule has 0 aromatic carbocycles. The molecule has 0 N–H and O–H groups in total. The van der Waals surface area contributed by atoms with Crippen LogP contribution in [-0.4, -0.2) is 34.8 Å². The molecule has 0 aromatic heterocycles. The van der Waals surface area contributed by atoms with Gasteiger partial charge in [-0.1, -0.05) is 6.58 Å². The van der Waals surface area contributed by atoms with Gasteiger partial charge in [0, 0.05) is 12.0 Å². The second-order valence-corrected chi connectivity index (χ2v) is 10.3. The van der Waals surface area contributed by atoms with E-state index >= 15 is 0 Å². The van der Waals surface area contributed by atoms with Gasteiger partial charge in [-0.2, -0.15) is 0 Å². The molecule has 28 heavy (non-hydrogen) atoms. The van der Waals surface area contributed by atoms with E-state index in [0.717, 1.165) is 51.4 Å². The van der Waals surface area contributed by atoms with Crippen molar-refractivity contribution in [1.82, 2.24) is 0 Å². The summed E-state index contributed by atoms with van der Waals surface area (Å²) in [6.07, 6.45) is 9.07. The summed E-state index contributed by atoms with van der Waals surface area (Å²) >= 11 is 0. The quantitative estimate of drug-likeness (QED) is 0.494. The lowest BCUT2D eigenvalue weighted by atomic mass is 9.52. The molecule has 5 saturated carbocycles. The number of hydrogen-bond acceptors (Lipinski definition) is 5. The molecule has 0 aromatic rings. The third-order valence-corrected chi connectivity index (χ3v) is 7.38. The topological polar surface area (TPSA) is 61.8 Å². The van der Waals surface area contributed by atoms with Crippen LogP contribution in [0.5, 0.6) is 0 Å². The van der Waals surface area contributed by atoms with Crippen molar-refractivity contribution in [2.45, 2.75) is 108 Å². The molecule has 0 spiro atoms. The van der Waals surface area contributed by atoms with E-state index in [9.17, 15) is 9.59 Å². The lowest BCUT2D eigenvalue weighted by Crippen LogP contribution is -2.62. The van der Waals surface area contributed by atoms with Gasteiger partial charge in [-0.15, -0.1) is 0 Å². The highest BCUT2D eigenvalue weighted by molar-refractivity contribution is 5.87. The molecule has 4 bridgehead atoms. The van der Waals surface area contributed by atoms with Crippen molar-refractivity contribution in [3.63, 3.8) is 0 Å². The maximum atomic E-state index is 12.7. The van der Waals surface area contributed by atoms with Gasteiger partial charge in [-0.3, -0.25) is 0 Å². The number of ether oxygens (including phenoxy) is 3. The Hall–Kier alpha value is -1.36. The number of carbonyl (C=O) groups excluding carboxylic acids is 2. The van der Waals surface area contributed by atoms with Crippen molar-refractivity contribution in [3.05, 3.63) is 12.2 Å². The summed E-state index contributed by atoms with van der Waals surface area (Å²) in [6.45, 7) is 9.26. The normalized spacial score (nSPS) is 38.8. The highest BCUT2D eigenvalue weighted by atomic mass is 16.6. The first-order valence-corrected chi connectivity index (χ1v) is 10.9. The van der Waals surface area contributed by atoms with E-state index in [1.807, 2.05) is 13.8 Å². The fourth-order valence-corrected chi connectivity index (χ4v) is 6.61. The van der Waals surface area contributed by atoms with Crippen LogP contribution in [0.25, 0.3) is 0 Å². The predicted molar refractivity (Wildman–Crippen MR) is 105 cm³/mol. The Morgan fingerprint density at radius 1 is 1.00 bits per heavy atom. The lowest BCUT2D eigenvalue weighted by molar-refractivity contribution is -0.246. The van der Waals surface area contributed by atoms with Gasteiger partial charge in [-0.05, 0) is 90.4 Å². The van der Waals surface area contributed by atoms with E-state index in [2.05, 4.69) is 6.58 Å². The number of esters is 2. The molecule has 5 fully saturated rings. The predicted octanol–water partition coefficient (Wildman–Crippen LogP) is 4.48. The minimum absolute atomic E-state index is 0.256. The largest absolute Gasteiger partial charge is 0.457 e.